The Labute approximate surface area is 230 Å². The first kappa shape index (κ1) is 26.6. The van der Waals surface area contributed by atoms with Gasteiger partial charge in [-0.3, -0.25) is 0 Å². The smallest absolute Gasteiger partial charge is 0.370 e. The minimum Gasteiger partial charge on any atom is -0.748 e. The Morgan fingerprint density at radius 2 is 1.82 bits per heavy atom. The van der Waals surface area contributed by atoms with Crippen LogP contribution in [0, 0.1) is 0 Å². The molecule has 1 N–H and O–H groups in total. The van der Waals surface area contributed by atoms with E-state index < -0.39 is 21.8 Å². The fraction of sp³-hybridized carbons (Fsp3) is 0.172. The summed E-state index contributed by atoms with van der Waals surface area (Å²) in [4.78, 5) is 13.3. The molecule has 10 heteroatoms. The van der Waals surface area contributed by atoms with Gasteiger partial charge in [-0.1, -0.05) is 66.8 Å². The number of nitrogens with zero attached hydrogens (tertiary/aromatic N) is 2. The van der Waals surface area contributed by atoms with Gasteiger partial charge in [-0.2, -0.15) is 4.57 Å². The molecule has 0 aliphatic carbocycles. The van der Waals surface area contributed by atoms with E-state index in [4.69, 9.17) is 4.74 Å². The van der Waals surface area contributed by atoms with Crippen molar-refractivity contribution in [2.24, 2.45) is 0 Å². The van der Waals surface area contributed by atoms with Gasteiger partial charge < -0.3 is 19.3 Å². The van der Waals surface area contributed by atoms with Crippen molar-refractivity contribution in [2.45, 2.75) is 19.9 Å². The van der Waals surface area contributed by atoms with Crippen molar-refractivity contribution in [3.8, 4) is 16.9 Å². The lowest BCUT2D eigenvalue weighted by atomic mass is 10.0. The predicted molar refractivity (Wildman–Crippen MR) is 150 cm³/mol. The van der Waals surface area contributed by atoms with E-state index in [9.17, 15) is 22.9 Å². The molecule has 0 amide bonds. The third kappa shape index (κ3) is 6.03. The lowest BCUT2D eigenvalue weighted by molar-refractivity contribution is -0.657. The van der Waals surface area contributed by atoms with Crippen LogP contribution in [0.3, 0.4) is 0 Å². The second kappa shape index (κ2) is 11.0. The second-order valence-electron chi connectivity index (χ2n) is 9.01. The number of anilines is 1. The van der Waals surface area contributed by atoms with Crippen molar-refractivity contribution in [1.82, 2.24) is 0 Å². The van der Waals surface area contributed by atoms with Crippen molar-refractivity contribution in [2.75, 3.05) is 17.2 Å². The van der Waals surface area contributed by atoms with Crippen molar-refractivity contribution in [3.63, 3.8) is 0 Å². The SMILES string of the molecule is CCC(/C=C1\Oc2ccc(-c3ccccc3)cc2N1CCS(=O)(=O)[O-])=C\c1sc2ccccc2[n+]1CC(=O)O. The molecule has 3 aromatic carbocycles. The summed E-state index contributed by atoms with van der Waals surface area (Å²) in [5.74, 6) is -0.563. The molecule has 4 aromatic rings. The zero-order valence-corrected chi connectivity index (χ0v) is 22.7. The van der Waals surface area contributed by atoms with Crippen molar-refractivity contribution in [3.05, 3.63) is 95.3 Å². The molecule has 0 radical (unpaired) electrons. The van der Waals surface area contributed by atoms with Gasteiger partial charge in [-0.15, -0.1) is 0 Å². The number of carbonyl (C=O) groups is 1. The quantitative estimate of drug-likeness (QED) is 0.225. The van der Waals surface area contributed by atoms with Gasteiger partial charge in [0.25, 0.3) is 5.01 Å². The van der Waals surface area contributed by atoms with Crippen molar-refractivity contribution < 1.29 is 32.2 Å². The molecule has 200 valence electrons. The molecule has 1 aliphatic rings. The first-order chi connectivity index (χ1) is 18.7. The molecule has 8 nitrogen and oxygen atoms in total. The molecular formula is C29H26N2O6S2. The number of carboxylic acid groups (broad SMARTS) is 1. The zero-order chi connectivity index (χ0) is 27.6. The molecule has 0 bridgehead atoms. The van der Waals surface area contributed by atoms with E-state index in [2.05, 4.69) is 0 Å². The van der Waals surface area contributed by atoms with Gasteiger partial charge in [0.1, 0.15) is 4.70 Å². The highest BCUT2D eigenvalue weighted by atomic mass is 32.2. The summed E-state index contributed by atoms with van der Waals surface area (Å²) in [6, 6.07) is 23.1. The van der Waals surface area contributed by atoms with Crippen LogP contribution in [0.15, 0.2) is 90.3 Å². The van der Waals surface area contributed by atoms with E-state index in [-0.39, 0.29) is 13.1 Å². The number of benzene rings is 3. The normalized spacial score (nSPS) is 14.6. The highest BCUT2D eigenvalue weighted by Gasteiger charge is 2.28. The van der Waals surface area contributed by atoms with Gasteiger partial charge in [0, 0.05) is 24.8 Å². The number of hydrogen-bond acceptors (Lipinski definition) is 7. The summed E-state index contributed by atoms with van der Waals surface area (Å²) in [5.41, 5.74) is 4.28. The molecule has 0 unspecified atom stereocenters. The molecule has 0 atom stereocenters. The van der Waals surface area contributed by atoms with Crippen LogP contribution in [0.4, 0.5) is 5.69 Å². The Morgan fingerprint density at radius 3 is 2.54 bits per heavy atom. The average Bonchev–Trinajstić information content (AvgIpc) is 3.43. The minimum atomic E-state index is -4.46. The van der Waals surface area contributed by atoms with Crippen LogP contribution in [0.25, 0.3) is 27.4 Å². The van der Waals surface area contributed by atoms with Crippen LogP contribution in [0.1, 0.15) is 18.4 Å². The predicted octanol–water partition coefficient (Wildman–Crippen LogP) is 5.02. The van der Waals surface area contributed by atoms with Gasteiger partial charge in [-0.05, 0) is 41.3 Å². The maximum absolute atomic E-state index is 11.6. The van der Waals surface area contributed by atoms with Gasteiger partial charge in [0.05, 0.1) is 21.6 Å². The van der Waals surface area contributed by atoms with E-state index in [0.29, 0.717) is 23.7 Å². The standard InChI is InChI=1S/C29H26N2O6S2/c1-2-20(17-28-31(19-29(32)33)23-10-6-7-11-26(23)38-28)16-27-30(14-15-39(34,35)36)24-18-22(12-13-25(24)37-27)21-8-4-3-5-9-21/h3-13,16-18H,2,14-15,19H2,1H3,(H-,32,33,34,35,36). The molecule has 2 heterocycles. The first-order valence-electron chi connectivity index (χ1n) is 12.4. The summed E-state index contributed by atoms with van der Waals surface area (Å²) in [6.45, 7) is 1.72. The van der Waals surface area contributed by atoms with Crippen LogP contribution < -0.4 is 14.2 Å². The minimum absolute atomic E-state index is 0.0677. The summed E-state index contributed by atoms with van der Waals surface area (Å²) < 4.78 is 43.4. The molecule has 0 saturated carbocycles. The highest BCUT2D eigenvalue weighted by molar-refractivity contribution is 7.85. The van der Waals surface area contributed by atoms with Crippen LogP contribution in [-0.2, 0) is 21.5 Å². The third-order valence-electron chi connectivity index (χ3n) is 6.36. The Morgan fingerprint density at radius 1 is 1.08 bits per heavy atom. The van der Waals surface area contributed by atoms with Crippen LogP contribution in [0.2, 0.25) is 0 Å². The summed E-state index contributed by atoms with van der Waals surface area (Å²) in [7, 11) is -4.46. The number of rotatable bonds is 9. The van der Waals surface area contributed by atoms with E-state index in [0.717, 1.165) is 31.9 Å². The lowest BCUT2D eigenvalue weighted by Gasteiger charge is -2.20. The fourth-order valence-corrected chi connectivity index (χ4v) is 6.02. The number of aromatic nitrogens is 1. The molecule has 0 spiro atoms. The van der Waals surface area contributed by atoms with Crippen LogP contribution in [-0.4, -0.2) is 36.3 Å². The van der Waals surface area contributed by atoms with E-state index >= 15 is 0 Å². The Kier molecular flexibility index (Phi) is 7.51. The number of para-hydroxylation sites is 1. The van der Waals surface area contributed by atoms with Crippen molar-refractivity contribution >= 4 is 49.4 Å². The Balaban J connectivity index is 1.56. The highest BCUT2D eigenvalue weighted by Crippen LogP contribution is 2.42. The Bertz CT molecular complexity index is 1710. The average molecular weight is 563 g/mol. The number of hydrogen-bond donors (Lipinski definition) is 1. The Hall–Kier alpha value is -3.99. The lowest BCUT2D eigenvalue weighted by Crippen LogP contribution is -2.39. The monoisotopic (exact) mass is 562 g/mol. The molecule has 0 saturated heterocycles. The summed E-state index contributed by atoms with van der Waals surface area (Å²) >= 11 is 1.49. The van der Waals surface area contributed by atoms with E-state index in [1.807, 2.05) is 91.9 Å². The number of allylic oxidation sites excluding steroid dienone is 2. The van der Waals surface area contributed by atoms with Crippen LogP contribution in [0.5, 0.6) is 5.75 Å². The first-order valence-corrected chi connectivity index (χ1v) is 14.7. The number of fused-ring (bicyclic) bond motifs is 2. The number of ether oxygens (including phenoxy) is 1. The second-order valence-corrected chi connectivity index (χ2v) is 11.6. The van der Waals surface area contributed by atoms with Gasteiger partial charge >= 0.3 is 5.97 Å². The summed E-state index contributed by atoms with van der Waals surface area (Å²) in [5, 5.41) is 10.3. The molecular weight excluding hydrogens is 536 g/mol. The maximum Gasteiger partial charge on any atom is 0.370 e. The fourth-order valence-electron chi connectivity index (χ4n) is 4.47. The molecule has 5 rings (SSSR count). The van der Waals surface area contributed by atoms with Crippen LogP contribution >= 0.6 is 11.3 Å². The van der Waals surface area contributed by atoms with Crippen molar-refractivity contribution in [1.29, 1.82) is 0 Å². The zero-order valence-electron chi connectivity index (χ0n) is 21.1. The molecule has 1 aromatic heterocycles. The third-order valence-corrected chi connectivity index (χ3v) is 8.15. The molecule has 1 aliphatic heterocycles. The molecule has 0 fully saturated rings. The van der Waals surface area contributed by atoms with E-state index in [1.54, 1.807) is 9.47 Å². The topological polar surface area (TPSA) is 111 Å². The maximum atomic E-state index is 11.6. The van der Waals surface area contributed by atoms with E-state index in [1.165, 1.54) is 11.3 Å². The number of carboxylic acids is 1. The number of thiazole rings is 1. The van der Waals surface area contributed by atoms with Gasteiger partial charge in [0.15, 0.2) is 5.75 Å². The molecule has 39 heavy (non-hydrogen) atoms. The number of aliphatic carboxylic acids is 1. The summed E-state index contributed by atoms with van der Waals surface area (Å²) in [6.07, 6.45) is 4.34. The largest absolute Gasteiger partial charge is 0.748 e. The van der Waals surface area contributed by atoms with Gasteiger partial charge in [0.2, 0.25) is 17.9 Å². The van der Waals surface area contributed by atoms with Gasteiger partial charge in [-0.25, -0.2) is 13.2 Å².